The summed E-state index contributed by atoms with van der Waals surface area (Å²) in [7, 11) is 1.61. The molecule has 0 radical (unpaired) electrons. The van der Waals surface area contributed by atoms with Crippen molar-refractivity contribution in [1.29, 1.82) is 0 Å². The lowest BCUT2D eigenvalue weighted by atomic mass is 9.96. The Balaban J connectivity index is 1.59. The van der Waals surface area contributed by atoms with Gasteiger partial charge in [0.25, 0.3) is 0 Å². The van der Waals surface area contributed by atoms with Crippen LogP contribution in [0.25, 0.3) is 0 Å². The Morgan fingerprint density at radius 2 is 2.08 bits per heavy atom. The lowest BCUT2D eigenvalue weighted by Crippen LogP contribution is -2.37. The fourth-order valence-corrected chi connectivity index (χ4v) is 2.93. The second-order valence-corrected chi connectivity index (χ2v) is 5.96. The number of hydrogen-bond donors (Lipinski definition) is 1. The molecule has 1 aliphatic heterocycles. The van der Waals surface area contributed by atoms with Crippen molar-refractivity contribution in [2.75, 3.05) is 20.3 Å². The molecule has 0 fully saturated rings. The van der Waals surface area contributed by atoms with Gasteiger partial charge in [-0.05, 0) is 42.7 Å². The molecule has 1 aliphatic rings. The maximum absolute atomic E-state index is 12.5. The zero-order valence-electron chi connectivity index (χ0n) is 14.6. The summed E-state index contributed by atoms with van der Waals surface area (Å²) in [6.45, 7) is 3.36. The Kier molecular flexibility index (Phi) is 5.43. The maximum Gasteiger partial charge on any atom is 0.227 e. The quantitative estimate of drug-likeness (QED) is 0.878. The van der Waals surface area contributed by atoms with E-state index in [0.717, 1.165) is 16.9 Å². The average molecular weight is 341 g/mol. The van der Waals surface area contributed by atoms with E-state index in [1.54, 1.807) is 7.11 Å². The lowest BCUT2D eigenvalue weighted by molar-refractivity contribution is -0.126. The van der Waals surface area contributed by atoms with Crippen molar-refractivity contribution in [3.63, 3.8) is 0 Å². The van der Waals surface area contributed by atoms with Crippen molar-refractivity contribution in [2.24, 2.45) is 5.92 Å². The molecule has 3 rings (SSSR count). The molecular weight excluding hydrogens is 318 g/mol. The first-order valence-electron chi connectivity index (χ1n) is 8.49. The molecule has 1 amide bonds. The van der Waals surface area contributed by atoms with Crippen LogP contribution in [0.4, 0.5) is 0 Å². The molecule has 0 saturated carbocycles. The number of carbonyl (C=O) groups excluding carboxylic acids is 1. The molecule has 1 heterocycles. The summed E-state index contributed by atoms with van der Waals surface area (Å²) in [6, 6.07) is 13.5. The van der Waals surface area contributed by atoms with Gasteiger partial charge in [0, 0.05) is 6.54 Å². The average Bonchev–Trinajstić information content (AvgIpc) is 2.66. The fraction of sp³-hybridized carbons (Fsp3) is 0.350. The van der Waals surface area contributed by atoms with E-state index in [2.05, 4.69) is 5.32 Å². The Bertz CT molecular complexity index is 744. The molecule has 0 unspecified atom stereocenters. The summed E-state index contributed by atoms with van der Waals surface area (Å²) in [5.41, 5.74) is 2.04. The predicted octanol–water partition coefficient (Wildman–Crippen LogP) is 2.96. The molecular formula is C20H23NO4. The minimum Gasteiger partial charge on any atom is -0.493 e. The molecule has 1 atom stereocenters. The van der Waals surface area contributed by atoms with Gasteiger partial charge < -0.3 is 19.5 Å². The zero-order chi connectivity index (χ0) is 17.6. The molecule has 5 nitrogen and oxygen atoms in total. The van der Waals surface area contributed by atoms with Crippen molar-refractivity contribution in [3.05, 3.63) is 53.6 Å². The van der Waals surface area contributed by atoms with Gasteiger partial charge in [0.1, 0.15) is 12.4 Å². The number of methoxy groups -OCH3 is 1. The van der Waals surface area contributed by atoms with Crippen LogP contribution in [0.3, 0.4) is 0 Å². The highest BCUT2D eigenvalue weighted by molar-refractivity contribution is 5.79. The third-order valence-electron chi connectivity index (χ3n) is 4.24. The monoisotopic (exact) mass is 341 g/mol. The smallest absolute Gasteiger partial charge is 0.227 e. The number of nitrogens with one attached hydrogen (secondary N) is 1. The van der Waals surface area contributed by atoms with E-state index >= 15 is 0 Å². The Labute approximate surface area is 147 Å². The minimum absolute atomic E-state index is 0.00218. The van der Waals surface area contributed by atoms with Crippen LogP contribution in [0.1, 0.15) is 18.1 Å². The highest BCUT2D eigenvalue weighted by Gasteiger charge is 2.25. The fourth-order valence-electron chi connectivity index (χ4n) is 2.93. The molecule has 25 heavy (non-hydrogen) atoms. The summed E-state index contributed by atoms with van der Waals surface area (Å²) in [6.07, 6.45) is 0.703. The molecule has 0 saturated heterocycles. The van der Waals surface area contributed by atoms with Gasteiger partial charge in [-0.2, -0.15) is 0 Å². The highest BCUT2D eigenvalue weighted by atomic mass is 16.5. The summed E-state index contributed by atoms with van der Waals surface area (Å²) >= 11 is 0. The molecule has 0 aromatic heterocycles. The molecule has 132 valence electrons. The van der Waals surface area contributed by atoms with Gasteiger partial charge in [-0.15, -0.1) is 0 Å². The number of carbonyl (C=O) groups is 1. The van der Waals surface area contributed by atoms with Crippen molar-refractivity contribution >= 4 is 5.91 Å². The van der Waals surface area contributed by atoms with Crippen molar-refractivity contribution in [2.45, 2.75) is 19.9 Å². The van der Waals surface area contributed by atoms with Gasteiger partial charge in [0.2, 0.25) is 5.91 Å². The first-order valence-corrected chi connectivity index (χ1v) is 8.49. The van der Waals surface area contributed by atoms with E-state index in [0.29, 0.717) is 37.7 Å². The number of para-hydroxylation sites is 1. The second-order valence-electron chi connectivity index (χ2n) is 5.96. The first kappa shape index (κ1) is 17.1. The zero-order valence-corrected chi connectivity index (χ0v) is 14.6. The first-order chi connectivity index (χ1) is 12.2. The molecule has 0 spiro atoms. The maximum atomic E-state index is 12.5. The van der Waals surface area contributed by atoms with E-state index in [-0.39, 0.29) is 11.8 Å². The number of hydrogen-bond acceptors (Lipinski definition) is 4. The van der Waals surface area contributed by atoms with Crippen LogP contribution in [-0.4, -0.2) is 26.2 Å². The predicted molar refractivity (Wildman–Crippen MR) is 95.1 cm³/mol. The Hall–Kier alpha value is -2.69. The summed E-state index contributed by atoms with van der Waals surface area (Å²) in [5.74, 6) is 2.09. The van der Waals surface area contributed by atoms with E-state index in [1.165, 1.54) is 0 Å². The molecule has 0 aliphatic carbocycles. The van der Waals surface area contributed by atoms with Crippen molar-refractivity contribution < 1.29 is 19.0 Å². The number of amides is 1. The van der Waals surface area contributed by atoms with Crippen molar-refractivity contribution in [3.8, 4) is 17.2 Å². The summed E-state index contributed by atoms with van der Waals surface area (Å²) in [4.78, 5) is 12.5. The van der Waals surface area contributed by atoms with E-state index < -0.39 is 0 Å². The molecule has 2 aromatic carbocycles. The normalized spacial score (nSPS) is 15.7. The lowest BCUT2D eigenvalue weighted by Gasteiger charge is -2.24. The topological polar surface area (TPSA) is 56.8 Å². The third kappa shape index (κ3) is 4.05. The van der Waals surface area contributed by atoms with E-state index in [1.807, 2.05) is 49.4 Å². The van der Waals surface area contributed by atoms with Crippen LogP contribution in [0.5, 0.6) is 17.2 Å². The van der Waals surface area contributed by atoms with Gasteiger partial charge in [0.15, 0.2) is 11.5 Å². The number of rotatable bonds is 6. The van der Waals surface area contributed by atoms with Crippen LogP contribution in [0, 0.1) is 5.92 Å². The van der Waals surface area contributed by atoms with Gasteiger partial charge in [-0.1, -0.05) is 24.3 Å². The Morgan fingerprint density at radius 3 is 2.88 bits per heavy atom. The van der Waals surface area contributed by atoms with Gasteiger partial charge >= 0.3 is 0 Å². The van der Waals surface area contributed by atoms with Crippen LogP contribution in [-0.2, 0) is 17.8 Å². The summed E-state index contributed by atoms with van der Waals surface area (Å²) in [5, 5.41) is 2.99. The van der Waals surface area contributed by atoms with Gasteiger partial charge in [-0.25, -0.2) is 0 Å². The standard InChI is InChI=1S/C20H23NO4/c1-3-24-18-9-8-14(10-19(18)23-2)12-21-20(22)16-11-15-6-4-5-7-17(15)25-13-16/h4-10,16H,3,11-13H2,1-2H3,(H,21,22)/t16-/m1/s1. The number of benzene rings is 2. The van der Waals surface area contributed by atoms with Crippen molar-refractivity contribution in [1.82, 2.24) is 5.32 Å². The van der Waals surface area contributed by atoms with Crippen LogP contribution < -0.4 is 19.5 Å². The minimum atomic E-state index is -0.167. The van der Waals surface area contributed by atoms with E-state index in [4.69, 9.17) is 14.2 Å². The largest absolute Gasteiger partial charge is 0.493 e. The summed E-state index contributed by atoms with van der Waals surface area (Å²) < 4.78 is 16.5. The van der Waals surface area contributed by atoms with Crippen LogP contribution in [0.15, 0.2) is 42.5 Å². The molecule has 1 N–H and O–H groups in total. The molecule has 5 heteroatoms. The van der Waals surface area contributed by atoms with E-state index in [9.17, 15) is 4.79 Å². The highest BCUT2D eigenvalue weighted by Crippen LogP contribution is 2.29. The molecule has 2 aromatic rings. The SMILES string of the molecule is CCOc1ccc(CNC(=O)[C@H]2COc3ccccc3C2)cc1OC. The third-order valence-corrected chi connectivity index (χ3v) is 4.24. The number of fused-ring (bicyclic) bond motifs is 1. The van der Waals surface area contributed by atoms with Crippen LogP contribution in [0.2, 0.25) is 0 Å². The van der Waals surface area contributed by atoms with Gasteiger partial charge in [-0.3, -0.25) is 4.79 Å². The molecule has 0 bridgehead atoms. The second kappa shape index (κ2) is 7.92. The number of ether oxygens (including phenoxy) is 3. The van der Waals surface area contributed by atoms with Crippen LogP contribution >= 0.6 is 0 Å². The Morgan fingerprint density at radius 1 is 1.24 bits per heavy atom. The van der Waals surface area contributed by atoms with Gasteiger partial charge in [0.05, 0.1) is 19.6 Å².